The van der Waals surface area contributed by atoms with Gasteiger partial charge in [-0.15, -0.1) is 0 Å². The molecule has 156 valence electrons. The van der Waals surface area contributed by atoms with E-state index in [1.165, 1.54) is 0 Å². The van der Waals surface area contributed by atoms with Crippen LogP contribution in [0.2, 0.25) is 0 Å². The summed E-state index contributed by atoms with van der Waals surface area (Å²) in [5, 5.41) is 15.5. The molecule has 0 spiro atoms. The van der Waals surface area contributed by atoms with Gasteiger partial charge in [-0.05, 0) is 50.5 Å². The van der Waals surface area contributed by atoms with E-state index in [-0.39, 0.29) is 41.3 Å². The Morgan fingerprint density at radius 3 is 2.57 bits per heavy atom. The van der Waals surface area contributed by atoms with Crippen LogP contribution in [-0.4, -0.2) is 36.1 Å². The summed E-state index contributed by atoms with van der Waals surface area (Å²) in [4.78, 5) is 37.6. The molecule has 0 aromatic rings. The number of nitriles is 1. The summed E-state index contributed by atoms with van der Waals surface area (Å²) in [7, 11) is 0. The number of nitrogens with one attached hydrogen (secondary N) is 2. The van der Waals surface area contributed by atoms with E-state index in [4.69, 9.17) is 0 Å². The number of rotatable bonds is 8. The topological polar surface area (TPSA) is 99.1 Å². The van der Waals surface area contributed by atoms with Crippen LogP contribution in [0.15, 0.2) is 0 Å². The molecular formula is C22H35N3O3. The molecule has 4 atom stereocenters. The molecule has 1 aliphatic heterocycles. The highest BCUT2D eigenvalue weighted by atomic mass is 16.2. The third-order valence-corrected chi connectivity index (χ3v) is 5.80. The van der Waals surface area contributed by atoms with E-state index in [1.807, 2.05) is 20.8 Å². The number of amides is 1. The minimum atomic E-state index is -0.679. The minimum Gasteiger partial charge on any atom is -0.340 e. The van der Waals surface area contributed by atoms with Gasteiger partial charge in [0.25, 0.3) is 0 Å². The average Bonchev–Trinajstić information content (AvgIpc) is 3.16. The highest BCUT2D eigenvalue weighted by molar-refractivity contribution is 5.90. The number of ketones is 2. The SMILES string of the molecule is CC(C)(C)C[C@H](CC(=O)C1CCCN1)C(=O)N[C@H](C#N)C[C@@H]1CCCCC1=O. The Hall–Kier alpha value is -1.74. The van der Waals surface area contributed by atoms with Crippen molar-refractivity contribution in [3.05, 3.63) is 0 Å². The number of nitrogens with zero attached hydrogens (tertiary/aromatic N) is 1. The Labute approximate surface area is 168 Å². The van der Waals surface area contributed by atoms with Crippen LogP contribution in [0.1, 0.15) is 78.6 Å². The van der Waals surface area contributed by atoms with Crippen LogP contribution in [0.3, 0.4) is 0 Å². The summed E-state index contributed by atoms with van der Waals surface area (Å²) in [6.45, 7) is 6.99. The van der Waals surface area contributed by atoms with Crippen molar-refractivity contribution in [2.24, 2.45) is 17.3 Å². The summed E-state index contributed by atoms with van der Waals surface area (Å²) in [6, 6.07) is 1.32. The normalized spacial score (nSPS) is 25.0. The van der Waals surface area contributed by atoms with Crippen molar-refractivity contribution >= 4 is 17.5 Å². The minimum absolute atomic E-state index is 0.0814. The zero-order chi connectivity index (χ0) is 20.7. The zero-order valence-electron chi connectivity index (χ0n) is 17.6. The lowest BCUT2D eigenvalue weighted by Crippen LogP contribution is -2.43. The van der Waals surface area contributed by atoms with Gasteiger partial charge in [-0.25, -0.2) is 0 Å². The molecule has 2 N–H and O–H groups in total. The van der Waals surface area contributed by atoms with Crippen molar-refractivity contribution in [2.45, 2.75) is 90.6 Å². The quantitative estimate of drug-likeness (QED) is 0.665. The van der Waals surface area contributed by atoms with Gasteiger partial charge in [0, 0.05) is 24.7 Å². The second-order valence-electron chi connectivity index (χ2n) is 9.62. The third kappa shape index (κ3) is 7.01. The zero-order valence-corrected chi connectivity index (χ0v) is 17.6. The molecule has 1 saturated carbocycles. The van der Waals surface area contributed by atoms with Crippen LogP contribution < -0.4 is 10.6 Å². The highest BCUT2D eigenvalue weighted by Crippen LogP contribution is 2.29. The fourth-order valence-electron chi connectivity index (χ4n) is 4.36. The maximum absolute atomic E-state index is 12.9. The van der Waals surface area contributed by atoms with Crippen molar-refractivity contribution in [1.29, 1.82) is 5.26 Å². The van der Waals surface area contributed by atoms with Crippen molar-refractivity contribution in [1.82, 2.24) is 10.6 Å². The van der Waals surface area contributed by atoms with E-state index in [0.717, 1.165) is 38.6 Å². The first kappa shape index (κ1) is 22.5. The first-order valence-corrected chi connectivity index (χ1v) is 10.7. The number of hydrogen-bond donors (Lipinski definition) is 2. The molecule has 1 saturated heterocycles. The summed E-state index contributed by atoms with van der Waals surface area (Å²) < 4.78 is 0. The van der Waals surface area contributed by atoms with E-state index in [0.29, 0.717) is 19.3 Å². The number of hydrogen-bond acceptors (Lipinski definition) is 5. The van der Waals surface area contributed by atoms with Gasteiger partial charge in [-0.3, -0.25) is 14.4 Å². The van der Waals surface area contributed by atoms with E-state index in [2.05, 4.69) is 16.7 Å². The second-order valence-corrected chi connectivity index (χ2v) is 9.62. The Kier molecular flexibility index (Phi) is 8.18. The molecule has 0 aromatic carbocycles. The van der Waals surface area contributed by atoms with Crippen LogP contribution in [0.4, 0.5) is 0 Å². The maximum Gasteiger partial charge on any atom is 0.224 e. The van der Waals surface area contributed by atoms with Gasteiger partial charge in [-0.2, -0.15) is 5.26 Å². The number of Topliss-reactive ketones (excluding diaryl/α,β-unsaturated/α-hetero) is 2. The largest absolute Gasteiger partial charge is 0.340 e. The first-order chi connectivity index (χ1) is 13.2. The molecular weight excluding hydrogens is 354 g/mol. The van der Waals surface area contributed by atoms with Crippen LogP contribution in [0.5, 0.6) is 0 Å². The Morgan fingerprint density at radius 2 is 2.00 bits per heavy atom. The van der Waals surface area contributed by atoms with Crippen molar-refractivity contribution in [3.8, 4) is 6.07 Å². The van der Waals surface area contributed by atoms with E-state index in [1.54, 1.807) is 0 Å². The maximum atomic E-state index is 12.9. The van der Waals surface area contributed by atoms with Crippen LogP contribution in [0.25, 0.3) is 0 Å². The van der Waals surface area contributed by atoms with Crippen LogP contribution in [-0.2, 0) is 14.4 Å². The van der Waals surface area contributed by atoms with Crippen molar-refractivity contribution in [2.75, 3.05) is 6.54 Å². The lowest BCUT2D eigenvalue weighted by Gasteiger charge is -2.28. The van der Waals surface area contributed by atoms with Gasteiger partial charge in [0.2, 0.25) is 5.91 Å². The fourth-order valence-corrected chi connectivity index (χ4v) is 4.36. The molecule has 2 fully saturated rings. The van der Waals surface area contributed by atoms with E-state index in [9.17, 15) is 19.6 Å². The van der Waals surface area contributed by atoms with Crippen molar-refractivity contribution in [3.63, 3.8) is 0 Å². The van der Waals surface area contributed by atoms with E-state index >= 15 is 0 Å². The molecule has 0 bridgehead atoms. The number of carbonyl (C=O) groups excluding carboxylic acids is 3. The van der Waals surface area contributed by atoms with Gasteiger partial charge >= 0.3 is 0 Å². The van der Waals surface area contributed by atoms with Crippen LogP contribution >= 0.6 is 0 Å². The van der Waals surface area contributed by atoms with Gasteiger partial charge < -0.3 is 10.6 Å². The summed E-state index contributed by atoms with van der Waals surface area (Å²) in [5.74, 6) is -0.541. The molecule has 0 aromatic heterocycles. The predicted octanol–water partition coefficient (Wildman–Crippen LogP) is 2.91. The Morgan fingerprint density at radius 1 is 1.25 bits per heavy atom. The monoisotopic (exact) mass is 389 g/mol. The Bertz CT molecular complexity index is 611. The molecule has 6 heteroatoms. The lowest BCUT2D eigenvalue weighted by molar-refractivity contribution is -0.131. The molecule has 6 nitrogen and oxygen atoms in total. The molecule has 1 heterocycles. The van der Waals surface area contributed by atoms with Gasteiger partial charge in [0.15, 0.2) is 5.78 Å². The molecule has 2 aliphatic rings. The van der Waals surface area contributed by atoms with Gasteiger partial charge in [-0.1, -0.05) is 27.2 Å². The molecule has 1 amide bonds. The van der Waals surface area contributed by atoms with Crippen molar-refractivity contribution < 1.29 is 14.4 Å². The predicted molar refractivity (Wildman–Crippen MR) is 107 cm³/mol. The summed E-state index contributed by atoms with van der Waals surface area (Å²) in [6.07, 6.45) is 6.25. The highest BCUT2D eigenvalue weighted by Gasteiger charge is 2.33. The van der Waals surface area contributed by atoms with E-state index < -0.39 is 12.0 Å². The van der Waals surface area contributed by atoms with Gasteiger partial charge in [0.1, 0.15) is 11.8 Å². The number of carbonyl (C=O) groups is 3. The third-order valence-electron chi connectivity index (χ3n) is 5.80. The second kappa shape index (κ2) is 10.2. The Balaban J connectivity index is 1.99. The average molecular weight is 390 g/mol. The summed E-state index contributed by atoms with van der Waals surface area (Å²) in [5.41, 5.74) is -0.104. The lowest BCUT2D eigenvalue weighted by atomic mass is 9.80. The molecule has 1 aliphatic carbocycles. The molecule has 2 rings (SSSR count). The fraction of sp³-hybridized carbons (Fsp3) is 0.818. The van der Waals surface area contributed by atoms with Crippen LogP contribution in [0, 0.1) is 28.6 Å². The summed E-state index contributed by atoms with van der Waals surface area (Å²) >= 11 is 0. The smallest absolute Gasteiger partial charge is 0.224 e. The molecule has 28 heavy (non-hydrogen) atoms. The standard InChI is InChI=1S/C22H35N3O3/c1-22(2,3)13-16(12-20(27)18-8-6-10-24-18)21(28)25-17(14-23)11-15-7-4-5-9-19(15)26/h15-18,24H,4-13H2,1-3H3,(H,25,28)/t15-,16-,17-,18?/m0/s1. The molecule has 0 radical (unpaired) electrons. The first-order valence-electron chi connectivity index (χ1n) is 10.7. The van der Waals surface area contributed by atoms with Gasteiger partial charge in [0.05, 0.1) is 12.1 Å². The molecule has 1 unspecified atom stereocenters.